The number of rotatable bonds is 2. The van der Waals surface area contributed by atoms with Crippen LogP contribution in [-0.2, 0) is 0 Å². The van der Waals surface area contributed by atoms with Gasteiger partial charge in [0.1, 0.15) is 0 Å². The molecule has 1 fully saturated rings. The molecule has 9 heavy (non-hydrogen) atoms. The van der Waals surface area contributed by atoms with Crippen molar-refractivity contribution in [2.75, 3.05) is 6.61 Å². The van der Waals surface area contributed by atoms with Crippen LogP contribution in [0.3, 0.4) is 0 Å². The van der Waals surface area contributed by atoms with E-state index in [4.69, 9.17) is 5.11 Å². The third-order valence-electron chi connectivity index (χ3n) is 1.95. The van der Waals surface area contributed by atoms with Crippen LogP contribution in [0.2, 0.25) is 0 Å². The van der Waals surface area contributed by atoms with Crippen molar-refractivity contribution >= 4 is 22.9 Å². The van der Waals surface area contributed by atoms with Crippen molar-refractivity contribution in [2.24, 2.45) is 5.92 Å². The van der Waals surface area contributed by atoms with Gasteiger partial charge in [0.25, 0.3) is 0 Å². The first-order valence-electron chi connectivity index (χ1n) is 3.34. The molecule has 0 aromatic carbocycles. The van der Waals surface area contributed by atoms with Gasteiger partial charge in [0.2, 0.25) is 0 Å². The van der Waals surface area contributed by atoms with Gasteiger partial charge in [-0.1, -0.05) is 0 Å². The van der Waals surface area contributed by atoms with Gasteiger partial charge >= 0.3 is 0 Å². The molecule has 3 heteroatoms. The lowest BCUT2D eigenvalue weighted by Gasteiger charge is -2.05. The Balaban J connectivity index is 2.20. The molecular formula is C6H12INO. The van der Waals surface area contributed by atoms with Crippen molar-refractivity contribution < 1.29 is 5.11 Å². The van der Waals surface area contributed by atoms with Crippen LogP contribution in [0.15, 0.2) is 0 Å². The molecule has 0 aliphatic heterocycles. The molecule has 0 radical (unpaired) electrons. The predicted molar refractivity (Wildman–Crippen MR) is 45.4 cm³/mol. The van der Waals surface area contributed by atoms with Crippen LogP contribution in [0.4, 0.5) is 0 Å². The van der Waals surface area contributed by atoms with E-state index in [-0.39, 0.29) is 0 Å². The zero-order chi connectivity index (χ0) is 6.69. The molecule has 1 rings (SSSR count). The smallest absolute Gasteiger partial charge is 0.0459 e. The van der Waals surface area contributed by atoms with E-state index in [1.165, 1.54) is 12.8 Å². The maximum absolute atomic E-state index is 8.75. The van der Waals surface area contributed by atoms with Crippen molar-refractivity contribution in [3.8, 4) is 0 Å². The van der Waals surface area contributed by atoms with E-state index in [0.717, 1.165) is 6.42 Å². The lowest BCUT2D eigenvalue weighted by atomic mass is 10.1. The molecule has 2 N–H and O–H groups in total. The fourth-order valence-electron chi connectivity index (χ4n) is 1.34. The summed E-state index contributed by atoms with van der Waals surface area (Å²) in [5, 5.41) is 8.75. The fraction of sp³-hybridized carbons (Fsp3) is 1.00. The zero-order valence-corrected chi connectivity index (χ0v) is 7.47. The quantitative estimate of drug-likeness (QED) is 0.560. The van der Waals surface area contributed by atoms with Crippen molar-refractivity contribution in [1.29, 1.82) is 0 Å². The summed E-state index contributed by atoms with van der Waals surface area (Å²) in [5.74, 6) is 0.567. The van der Waals surface area contributed by atoms with Crippen molar-refractivity contribution in [2.45, 2.75) is 25.3 Å². The molecule has 0 aromatic heterocycles. The van der Waals surface area contributed by atoms with E-state index in [0.29, 0.717) is 18.6 Å². The number of nitrogens with one attached hydrogen (secondary N) is 1. The molecule has 0 saturated heterocycles. The summed E-state index contributed by atoms with van der Waals surface area (Å²) >= 11 is 2.18. The van der Waals surface area contributed by atoms with E-state index < -0.39 is 0 Å². The van der Waals surface area contributed by atoms with E-state index in [9.17, 15) is 0 Å². The molecule has 0 bridgehead atoms. The average molecular weight is 241 g/mol. The van der Waals surface area contributed by atoms with Gasteiger partial charge in [-0.2, -0.15) is 0 Å². The maximum atomic E-state index is 8.75. The van der Waals surface area contributed by atoms with Gasteiger partial charge in [-0.25, -0.2) is 0 Å². The summed E-state index contributed by atoms with van der Waals surface area (Å²) in [7, 11) is 0. The summed E-state index contributed by atoms with van der Waals surface area (Å²) < 4.78 is 3.19. The molecule has 0 heterocycles. The lowest BCUT2D eigenvalue weighted by Crippen LogP contribution is -2.15. The highest BCUT2D eigenvalue weighted by atomic mass is 127. The van der Waals surface area contributed by atoms with Gasteiger partial charge in [0.05, 0.1) is 0 Å². The topological polar surface area (TPSA) is 32.3 Å². The third-order valence-corrected chi connectivity index (χ3v) is 2.83. The summed E-state index contributed by atoms with van der Waals surface area (Å²) in [5.41, 5.74) is 0. The molecule has 2 atom stereocenters. The van der Waals surface area contributed by atoms with Crippen molar-refractivity contribution in [1.82, 2.24) is 3.53 Å². The van der Waals surface area contributed by atoms with Crippen LogP contribution in [0.5, 0.6) is 0 Å². The Morgan fingerprint density at radius 3 is 2.67 bits per heavy atom. The third kappa shape index (κ3) is 2.05. The first-order chi connectivity index (χ1) is 4.36. The number of halogens is 1. The monoisotopic (exact) mass is 241 g/mol. The number of hydrogen-bond acceptors (Lipinski definition) is 2. The van der Waals surface area contributed by atoms with Gasteiger partial charge < -0.3 is 5.11 Å². The second-order valence-electron chi connectivity index (χ2n) is 2.67. The minimum Gasteiger partial charge on any atom is -0.396 e. The molecule has 0 aromatic rings. The second-order valence-corrected chi connectivity index (χ2v) is 3.29. The van der Waals surface area contributed by atoms with Crippen LogP contribution >= 0.6 is 22.9 Å². The minimum absolute atomic E-state index is 0.370. The van der Waals surface area contributed by atoms with E-state index in [2.05, 4.69) is 26.4 Å². The molecule has 1 unspecified atom stereocenters. The average Bonchev–Trinajstić information content (AvgIpc) is 2.34. The summed E-state index contributed by atoms with van der Waals surface area (Å²) in [4.78, 5) is 0. The number of aliphatic hydroxyl groups is 1. The molecule has 0 spiro atoms. The Morgan fingerprint density at radius 1 is 1.56 bits per heavy atom. The van der Waals surface area contributed by atoms with E-state index in [1.54, 1.807) is 0 Å². The van der Waals surface area contributed by atoms with Gasteiger partial charge in [0.15, 0.2) is 0 Å². The highest BCUT2D eigenvalue weighted by Gasteiger charge is 2.22. The van der Waals surface area contributed by atoms with Gasteiger partial charge in [-0.3, -0.25) is 3.53 Å². The van der Waals surface area contributed by atoms with Gasteiger partial charge in [0, 0.05) is 35.5 Å². The molecule has 1 aliphatic carbocycles. The SMILES string of the molecule is OC[C@@H]1CCC(NI)C1. The summed E-state index contributed by atoms with van der Waals surface area (Å²) in [6.07, 6.45) is 3.57. The Hall–Kier alpha value is 0.650. The van der Waals surface area contributed by atoms with Crippen molar-refractivity contribution in [3.05, 3.63) is 0 Å². The van der Waals surface area contributed by atoms with Gasteiger partial charge in [-0.15, -0.1) is 0 Å². The molecule has 0 amide bonds. The number of aliphatic hydroxyl groups excluding tert-OH is 1. The largest absolute Gasteiger partial charge is 0.396 e. The Bertz CT molecular complexity index is 79.1. The van der Waals surface area contributed by atoms with Crippen LogP contribution in [0, 0.1) is 5.92 Å². The first kappa shape index (κ1) is 7.75. The highest BCUT2D eigenvalue weighted by Crippen LogP contribution is 2.25. The number of hydrogen-bond donors (Lipinski definition) is 2. The summed E-state index contributed by atoms with van der Waals surface area (Å²) in [6, 6.07) is 0.655. The van der Waals surface area contributed by atoms with Crippen molar-refractivity contribution in [3.63, 3.8) is 0 Å². The zero-order valence-electron chi connectivity index (χ0n) is 5.31. The van der Waals surface area contributed by atoms with E-state index in [1.807, 2.05) is 0 Å². The van der Waals surface area contributed by atoms with Crippen LogP contribution < -0.4 is 3.53 Å². The predicted octanol–water partition coefficient (Wildman–Crippen LogP) is 1.09. The Labute approximate surface area is 69.5 Å². The molecule has 54 valence electrons. The van der Waals surface area contributed by atoms with Crippen LogP contribution in [-0.4, -0.2) is 17.8 Å². The Kier molecular flexibility index (Phi) is 3.21. The standard InChI is InChI=1S/C6H12INO/c7-8-6-2-1-5(3-6)4-9/h5-6,8-9H,1-4H2/t5-,6?/m1/s1. The van der Waals surface area contributed by atoms with E-state index >= 15 is 0 Å². The Morgan fingerprint density at radius 2 is 2.33 bits per heavy atom. The molecule has 1 saturated carbocycles. The second kappa shape index (κ2) is 3.73. The van der Waals surface area contributed by atoms with Gasteiger partial charge in [-0.05, 0) is 25.2 Å². The fourth-order valence-corrected chi connectivity index (χ4v) is 1.91. The van der Waals surface area contributed by atoms with Crippen LogP contribution in [0.1, 0.15) is 19.3 Å². The summed E-state index contributed by atoms with van der Waals surface area (Å²) in [6.45, 7) is 0.370. The first-order valence-corrected chi connectivity index (χ1v) is 4.41. The molecule has 2 nitrogen and oxygen atoms in total. The normalized spacial score (nSPS) is 35.3. The minimum atomic E-state index is 0.370. The van der Waals surface area contributed by atoms with Crippen LogP contribution in [0.25, 0.3) is 0 Å². The highest BCUT2D eigenvalue weighted by molar-refractivity contribution is 14.1. The molecule has 1 aliphatic rings. The molecular weight excluding hydrogens is 229 g/mol. The maximum Gasteiger partial charge on any atom is 0.0459 e. The lowest BCUT2D eigenvalue weighted by molar-refractivity contribution is 0.228.